The molecular weight excluding hydrogens is 427 g/mol. The fraction of sp³-hybridized carbons (Fsp3) is 0.318. The molecule has 0 bridgehead atoms. The zero-order chi connectivity index (χ0) is 23.5. The smallest absolute Gasteiger partial charge is 0.475 e. The number of allylic oxidation sites excluding steroid dienone is 2. The Morgan fingerprint density at radius 1 is 1.28 bits per heavy atom. The minimum atomic E-state index is -4.70. The van der Waals surface area contributed by atoms with E-state index in [-0.39, 0.29) is 41.2 Å². The molecule has 7 nitrogen and oxygen atoms in total. The molecule has 1 unspecified atom stereocenters. The maximum absolute atomic E-state index is 13.9. The van der Waals surface area contributed by atoms with Crippen LogP contribution in [0, 0.1) is 11.3 Å². The second kappa shape index (κ2) is 9.18. The summed E-state index contributed by atoms with van der Waals surface area (Å²) in [6, 6.07) is 8.23. The summed E-state index contributed by atoms with van der Waals surface area (Å²) < 4.78 is 57.5. The van der Waals surface area contributed by atoms with Crippen LogP contribution in [0.5, 0.6) is 5.88 Å². The monoisotopic (exact) mass is 447 g/mol. The van der Waals surface area contributed by atoms with E-state index >= 15 is 0 Å². The number of nitrogens with one attached hydrogen (secondary N) is 1. The summed E-state index contributed by atoms with van der Waals surface area (Å²) in [5, 5.41) is 12.5. The van der Waals surface area contributed by atoms with Crippen LogP contribution in [0.25, 0.3) is 0 Å². The Labute approximate surface area is 182 Å². The minimum absolute atomic E-state index is 0.0227. The molecule has 1 atom stereocenters. The number of aromatic nitrogens is 1. The van der Waals surface area contributed by atoms with E-state index < -0.39 is 23.8 Å². The number of hydrogen-bond donors (Lipinski definition) is 1. The fourth-order valence-corrected chi connectivity index (χ4v) is 3.36. The molecule has 1 aromatic carbocycles. The van der Waals surface area contributed by atoms with Crippen molar-refractivity contribution in [1.82, 2.24) is 4.98 Å². The van der Waals surface area contributed by atoms with E-state index in [1.807, 2.05) is 6.07 Å². The molecule has 0 fully saturated rings. The lowest BCUT2D eigenvalue weighted by atomic mass is 9.83. The van der Waals surface area contributed by atoms with Gasteiger partial charge in [0.15, 0.2) is 11.5 Å². The Balaban J connectivity index is 2.32. The predicted molar refractivity (Wildman–Crippen MR) is 108 cm³/mol. The van der Waals surface area contributed by atoms with Gasteiger partial charge in [-0.05, 0) is 38.5 Å². The first-order chi connectivity index (χ1) is 15.2. The Morgan fingerprint density at radius 3 is 2.62 bits per heavy atom. The summed E-state index contributed by atoms with van der Waals surface area (Å²) in [7, 11) is 0. The van der Waals surface area contributed by atoms with Crippen molar-refractivity contribution in [3.63, 3.8) is 0 Å². The number of nitrogens with zero attached hydrogens (tertiary/aromatic N) is 2. The maximum Gasteiger partial charge on any atom is 0.513 e. The Bertz CT molecular complexity index is 1090. The van der Waals surface area contributed by atoms with E-state index in [0.29, 0.717) is 5.69 Å². The van der Waals surface area contributed by atoms with Crippen LogP contribution in [0.3, 0.4) is 0 Å². The van der Waals surface area contributed by atoms with E-state index in [0.717, 1.165) is 6.07 Å². The molecule has 3 rings (SSSR count). The Morgan fingerprint density at radius 2 is 2.00 bits per heavy atom. The van der Waals surface area contributed by atoms with Crippen molar-refractivity contribution in [2.45, 2.75) is 39.0 Å². The van der Waals surface area contributed by atoms with Gasteiger partial charge >= 0.3 is 12.3 Å². The average Bonchev–Trinajstić information content (AvgIpc) is 2.72. The number of fused-ring (bicyclic) bond motifs is 1. The number of carbonyl (C=O) groups is 1. The van der Waals surface area contributed by atoms with Crippen LogP contribution in [0.1, 0.15) is 43.4 Å². The van der Waals surface area contributed by atoms with Crippen molar-refractivity contribution in [2.75, 3.05) is 11.9 Å². The lowest BCUT2D eigenvalue weighted by molar-refractivity contribution is -0.138. The summed E-state index contributed by atoms with van der Waals surface area (Å²) in [5.74, 6) is -1.60. The third-order valence-corrected chi connectivity index (χ3v) is 4.50. The first-order valence-electron chi connectivity index (χ1n) is 9.74. The van der Waals surface area contributed by atoms with Crippen LogP contribution in [0.15, 0.2) is 48.0 Å². The van der Waals surface area contributed by atoms with Gasteiger partial charge < -0.3 is 19.5 Å². The first-order valence-corrected chi connectivity index (χ1v) is 9.74. The molecule has 2 heterocycles. The van der Waals surface area contributed by atoms with Crippen LogP contribution in [0.4, 0.5) is 23.7 Å². The summed E-state index contributed by atoms with van der Waals surface area (Å²) in [5.41, 5.74) is -0.883. The number of anilines is 1. The number of rotatable bonds is 5. The quantitative estimate of drug-likeness (QED) is 0.617. The number of benzene rings is 1. The number of hydrogen-bond acceptors (Lipinski definition) is 7. The zero-order valence-corrected chi connectivity index (χ0v) is 17.5. The normalized spacial score (nSPS) is 15.5. The van der Waals surface area contributed by atoms with Crippen molar-refractivity contribution in [2.24, 2.45) is 0 Å². The minimum Gasteiger partial charge on any atom is -0.475 e. The molecular formula is C22H20F3N3O4. The second-order valence-corrected chi connectivity index (χ2v) is 7.02. The van der Waals surface area contributed by atoms with Crippen molar-refractivity contribution in [3.8, 4) is 11.9 Å². The molecule has 1 aliphatic rings. The van der Waals surface area contributed by atoms with Crippen LogP contribution in [-0.4, -0.2) is 23.9 Å². The fourth-order valence-electron chi connectivity index (χ4n) is 3.36. The molecule has 1 N–H and O–H groups in total. The number of carbonyl (C=O) groups excluding carboxylic acids is 1. The van der Waals surface area contributed by atoms with Gasteiger partial charge in [0.1, 0.15) is 6.07 Å². The lowest BCUT2D eigenvalue weighted by Crippen LogP contribution is -2.26. The summed E-state index contributed by atoms with van der Waals surface area (Å²) in [6.45, 7) is 5.00. The van der Waals surface area contributed by atoms with Crippen LogP contribution < -0.4 is 10.1 Å². The highest BCUT2D eigenvalue weighted by Gasteiger charge is 2.42. The van der Waals surface area contributed by atoms with Crippen molar-refractivity contribution in [3.05, 3.63) is 64.7 Å². The second-order valence-electron chi connectivity index (χ2n) is 7.02. The summed E-state index contributed by atoms with van der Waals surface area (Å²) >= 11 is 0. The number of nitriles is 1. The van der Waals surface area contributed by atoms with Gasteiger partial charge in [-0.2, -0.15) is 18.4 Å². The van der Waals surface area contributed by atoms with Crippen LogP contribution in [0.2, 0.25) is 0 Å². The van der Waals surface area contributed by atoms with Crippen LogP contribution in [-0.2, 0) is 15.7 Å². The highest BCUT2D eigenvalue weighted by molar-refractivity contribution is 5.72. The highest BCUT2D eigenvalue weighted by atomic mass is 19.4. The molecule has 10 heteroatoms. The van der Waals surface area contributed by atoms with E-state index in [1.165, 1.54) is 30.5 Å². The molecule has 0 radical (unpaired) electrons. The molecule has 0 amide bonds. The third kappa shape index (κ3) is 4.61. The van der Waals surface area contributed by atoms with Gasteiger partial charge in [0.25, 0.3) is 0 Å². The molecule has 0 spiro atoms. The predicted octanol–water partition coefficient (Wildman–Crippen LogP) is 5.35. The number of ether oxygens (including phenoxy) is 3. The zero-order valence-electron chi connectivity index (χ0n) is 17.5. The molecule has 32 heavy (non-hydrogen) atoms. The van der Waals surface area contributed by atoms with Gasteiger partial charge in [-0.1, -0.05) is 18.2 Å². The SMILES string of the molecule is CCOC(=O)OC1=C(C#N)Nc2ccnc(OC(C)C)c2C1c1ccccc1C(F)(F)F. The lowest BCUT2D eigenvalue weighted by Gasteiger charge is -2.31. The molecule has 0 saturated heterocycles. The average molecular weight is 447 g/mol. The van der Waals surface area contributed by atoms with Crippen molar-refractivity contribution in [1.29, 1.82) is 5.26 Å². The molecule has 2 aromatic rings. The van der Waals surface area contributed by atoms with Crippen molar-refractivity contribution >= 4 is 11.8 Å². The molecule has 168 valence electrons. The van der Waals surface area contributed by atoms with Gasteiger partial charge in [-0.25, -0.2) is 9.78 Å². The topological polar surface area (TPSA) is 93.5 Å². The summed E-state index contributed by atoms with van der Waals surface area (Å²) in [4.78, 5) is 16.3. The molecule has 1 aliphatic heterocycles. The van der Waals surface area contributed by atoms with Gasteiger partial charge in [-0.3, -0.25) is 0 Å². The molecule has 0 aliphatic carbocycles. The number of halogens is 3. The van der Waals surface area contributed by atoms with Gasteiger partial charge in [0, 0.05) is 6.20 Å². The highest BCUT2D eigenvalue weighted by Crippen LogP contribution is 2.49. The Hall–Kier alpha value is -3.74. The standard InChI is InChI=1S/C22H20F3N3O4/c1-4-30-21(29)32-19-16(11-26)28-15-9-10-27-20(31-12(2)3)18(15)17(19)13-7-5-6-8-14(13)22(23,24)25/h5-10,12,17,28H,4H2,1-3H3. The first kappa shape index (κ1) is 22.9. The number of pyridine rings is 1. The van der Waals surface area contributed by atoms with E-state index in [1.54, 1.807) is 20.8 Å². The molecule has 0 saturated carbocycles. The van der Waals surface area contributed by atoms with E-state index in [2.05, 4.69) is 10.3 Å². The van der Waals surface area contributed by atoms with Gasteiger partial charge in [-0.15, -0.1) is 0 Å². The maximum atomic E-state index is 13.9. The van der Waals surface area contributed by atoms with Crippen LogP contribution >= 0.6 is 0 Å². The van der Waals surface area contributed by atoms with E-state index in [4.69, 9.17) is 14.2 Å². The van der Waals surface area contributed by atoms with Crippen molar-refractivity contribution < 1.29 is 32.2 Å². The van der Waals surface area contributed by atoms with Gasteiger partial charge in [0.05, 0.1) is 35.4 Å². The molecule has 1 aromatic heterocycles. The largest absolute Gasteiger partial charge is 0.513 e. The third-order valence-electron chi connectivity index (χ3n) is 4.50. The van der Waals surface area contributed by atoms with Gasteiger partial charge in [0.2, 0.25) is 5.88 Å². The van der Waals surface area contributed by atoms with E-state index in [9.17, 15) is 23.2 Å². The summed E-state index contributed by atoms with van der Waals surface area (Å²) in [6.07, 6.45) is -4.79. The number of alkyl halides is 3. The Kier molecular flexibility index (Phi) is 6.58.